The molecular formula is C14H9BrN4OS2. The van der Waals surface area contributed by atoms with Gasteiger partial charge in [0.15, 0.2) is 0 Å². The smallest absolute Gasteiger partial charge is 0.260 e. The van der Waals surface area contributed by atoms with E-state index in [0.717, 1.165) is 9.37 Å². The minimum atomic E-state index is -0.246. The lowest BCUT2D eigenvalue weighted by atomic mass is 10.3. The Balaban J connectivity index is 1.83. The first kappa shape index (κ1) is 15.1. The van der Waals surface area contributed by atoms with Crippen LogP contribution in [-0.2, 0) is 0 Å². The largest absolute Gasteiger partial charge is 0.296 e. The monoisotopic (exact) mass is 392 g/mol. The highest BCUT2D eigenvalue weighted by atomic mass is 79.9. The molecule has 0 spiro atoms. The van der Waals surface area contributed by atoms with Gasteiger partial charge in [-0.25, -0.2) is 4.98 Å². The average molecular weight is 393 g/mol. The number of carbonyl (C=O) groups excluding carboxylic acids is 1. The average Bonchev–Trinajstić information content (AvgIpc) is 3.03. The summed E-state index contributed by atoms with van der Waals surface area (Å²) in [6, 6.07) is 11.3. The highest BCUT2D eigenvalue weighted by Gasteiger charge is 2.14. The molecule has 1 N–H and O–H groups in total. The number of hydrogen-bond donors (Lipinski definition) is 1. The summed E-state index contributed by atoms with van der Waals surface area (Å²) >= 11 is 6.11. The van der Waals surface area contributed by atoms with Crippen LogP contribution in [0.25, 0.3) is 0 Å². The van der Waals surface area contributed by atoms with Crippen molar-refractivity contribution in [1.82, 2.24) is 15.2 Å². The Hall–Kier alpha value is -1.77. The Kier molecular flexibility index (Phi) is 4.81. The standard InChI is InChI=1S/C14H9BrN4OS2/c15-9-3-5-10(6-4-9)22-13-11(2-1-7-16-13)12(20)18-14-19-17-8-21-14/h1-8H,(H,18,19,20). The van der Waals surface area contributed by atoms with Gasteiger partial charge in [-0.15, -0.1) is 10.2 Å². The topological polar surface area (TPSA) is 67.8 Å². The second-order valence-corrected chi connectivity index (χ2v) is 6.92. The number of pyridine rings is 1. The molecular weight excluding hydrogens is 384 g/mol. The molecule has 0 aliphatic heterocycles. The van der Waals surface area contributed by atoms with Crippen LogP contribution >= 0.6 is 39.0 Å². The molecule has 0 radical (unpaired) electrons. The van der Waals surface area contributed by atoms with Crippen LogP contribution < -0.4 is 5.32 Å². The van der Waals surface area contributed by atoms with Crippen LogP contribution in [-0.4, -0.2) is 21.1 Å². The number of nitrogens with one attached hydrogen (secondary N) is 1. The fraction of sp³-hybridized carbons (Fsp3) is 0. The van der Waals surface area contributed by atoms with Gasteiger partial charge in [0.1, 0.15) is 10.5 Å². The molecule has 2 heterocycles. The van der Waals surface area contributed by atoms with Gasteiger partial charge in [0.25, 0.3) is 5.91 Å². The fourth-order valence-electron chi connectivity index (χ4n) is 1.65. The lowest BCUT2D eigenvalue weighted by Gasteiger charge is -2.07. The molecule has 0 saturated carbocycles. The van der Waals surface area contributed by atoms with E-state index in [0.29, 0.717) is 15.7 Å². The van der Waals surface area contributed by atoms with Crippen LogP contribution in [0.5, 0.6) is 0 Å². The van der Waals surface area contributed by atoms with Crippen molar-refractivity contribution in [2.24, 2.45) is 0 Å². The van der Waals surface area contributed by atoms with Gasteiger partial charge in [0.2, 0.25) is 5.13 Å². The van der Waals surface area contributed by atoms with Gasteiger partial charge in [-0.3, -0.25) is 10.1 Å². The molecule has 0 aliphatic carbocycles. The molecule has 22 heavy (non-hydrogen) atoms. The van der Waals surface area contributed by atoms with E-state index >= 15 is 0 Å². The summed E-state index contributed by atoms with van der Waals surface area (Å²) in [6.07, 6.45) is 1.67. The van der Waals surface area contributed by atoms with E-state index in [1.165, 1.54) is 23.1 Å². The number of halogens is 1. The number of anilines is 1. The lowest BCUT2D eigenvalue weighted by Crippen LogP contribution is -2.13. The van der Waals surface area contributed by atoms with Crippen molar-refractivity contribution < 1.29 is 4.79 Å². The van der Waals surface area contributed by atoms with E-state index in [1.807, 2.05) is 24.3 Å². The molecule has 8 heteroatoms. The van der Waals surface area contributed by atoms with E-state index in [4.69, 9.17) is 0 Å². The first-order valence-corrected chi connectivity index (χ1v) is 8.67. The van der Waals surface area contributed by atoms with E-state index in [9.17, 15) is 4.79 Å². The molecule has 0 aliphatic rings. The van der Waals surface area contributed by atoms with Crippen LogP contribution in [0.2, 0.25) is 0 Å². The number of benzene rings is 1. The van der Waals surface area contributed by atoms with Gasteiger partial charge in [-0.05, 0) is 36.4 Å². The molecule has 2 aromatic heterocycles. The minimum absolute atomic E-state index is 0.246. The van der Waals surface area contributed by atoms with Gasteiger partial charge in [-0.1, -0.05) is 39.0 Å². The van der Waals surface area contributed by atoms with Gasteiger partial charge in [0.05, 0.1) is 5.56 Å². The summed E-state index contributed by atoms with van der Waals surface area (Å²) in [6.45, 7) is 0. The quantitative estimate of drug-likeness (QED) is 0.723. The Morgan fingerprint density at radius 2 is 2.05 bits per heavy atom. The van der Waals surface area contributed by atoms with Crippen molar-refractivity contribution in [3.05, 3.63) is 58.1 Å². The second-order valence-electron chi connectivity index (χ2n) is 4.11. The Bertz CT molecular complexity index is 778. The zero-order valence-corrected chi connectivity index (χ0v) is 14.3. The summed E-state index contributed by atoms with van der Waals surface area (Å²) < 4.78 is 1.01. The van der Waals surface area contributed by atoms with Crippen molar-refractivity contribution in [2.75, 3.05) is 5.32 Å². The van der Waals surface area contributed by atoms with Crippen molar-refractivity contribution in [1.29, 1.82) is 0 Å². The summed E-state index contributed by atoms with van der Waals surface area (Å²) in [7, 11) is 0. The van der Waals surface area contributed by atoms with Crippen LogP contribution in [0, 0.1) is 0 Å². The SMILES string of the molecule is O=C(Nc1nncs1)c1cccnc1Sc1ccc(Br)cc1. The van der Waals surface area contributed by atoms with Crippen molar-refractivity contribution in [2.45, 2.75) is 9.92 Å². The minimum Gasteiger partial charge on any atom is -0.296 e. The molecule has 0 atom stereocenters. The molecule has 110 valence electrons. The number of carbonyl (C=O) groups is 1. The van der Waals surface area contributed by atoms with Crippen LogP contribution in [0.1, 0.15) is 10.4 Å². The van der Waals surface area contributed by atoms with E-state index in [-0.39, 0.29) is 5.91 Å². The summed E-state index contributed by atoms with van der Waals surface area (Å²) in [5.74, 6) is -0.246. The third kappa shape index (κ3) is 3.70. The summed E-state index contributed by atoms with van der Waals surface area (Å²) in [5, 5.41) is 11.3. The maximum Gasteiger partial charge on any atom is 0.260 e. The molecule has 0 fully saturated rings. The maximum atomic E-state index is 12.3. The van der Waals surface area contributed by atoms with Crippen molar-refractivity contribution in [3.63, 3.8) is 0 Å². The number of hydrogen-bond acceptors (Lipinski definition) is 6. The Labute approximate surface area is 143 Å². The van der Waals surface area contributed by atoms with E-state index in [2.05, 4.69) is 36.4 Å². The zero-order valence-electron chi connectivity index (χ0n) is 11.1. The third-order valence-electron chi connectivity index (χ3n) is 2.62. The maximum absolute atomic E-state index is 12.3. The van der Waals surface area contributed by atoms with Gasteiger partial charge >= 0.3 is 0 Å². The first-order chi connectivity index (χ1) is 10.7. The van der Waals surface area contributed by atoms with Crippen molar-refractivity contribution in [3.8, 4) is 0 Å². The Morgan fingerprint density at radius 1 is 1.23 bits per heavy atom. The van der Waals surface area contributed by atoms with Crippen LogP contribution in [0.15, 0.2) is 62.5 Å². The first-order valence-electron chi connectivity index (χ1n) is 6.18. The predicted octanol–water partition coefficient (Wildman–Crippen LogP) is 4.10. The highest BCUT2D eigenvalue weighted by molar-refractivity contribution is 9.10. The zero-order chi connectivity index (χ0) is 15.4. The fourth-order valence-corrected chi connectivity index (χ4v) is 3.24. The predicted molar refractivity (Wildman–Crippen MR) is 90.4 cm³/mol. The number of aromatic nitrogens is 3. The summed E-state index contributed by atoms with van der Waals surface area (Å²) in [4.78, 5) is 17.7. The molecule has 0 bridgehead atoms. The second kappa shape index (κ2) is 6.99. The highest BCUT2D eigenvalue weighted by Crippen LogP contribution is 2.30. The van der Waals surface area contributed by atoms with Crippen LogP contribution in [0.3, 0.4) is 0 Å². The normalized spacial score (nSPS) is 10.4. The van der Waals surface area contributed by atoms with Crippen molar-refractivity contribution >= 4 is 50.1 Å². The molecule has 1 amide bonds. The molecule has 0 saturated heterocycles. The van der Waals surface area contributed by atoms with Gasteiger partial charge in [-0.2, -0.15) is 0 Å². The molecule has 3 rings (SSSR count). The molecule has 5 nitrogen and oxygen atoms in total. The summed E-state index contributed by atoms with van der Waals surface area (Å²) in [5.41, 5.74) is 2.07. The van der Waals surface area contributed by atoms with E-state index < -0.39 is 0 Å². The van der Waals surface area contributed by atoms with Crippen LogP contribution in [0.4, 0.5) is 5.13 Å². The van der Waals surface area contributed by atoms with E-state index in [1.54, 1.807) is 23.8 Å². The number of rotatable bonds is 4. The van der Waals surface area contributed by atoms with Gasteiger partial charge < -0.3 is 0 Å². The number of amides is 1. The molecule has 3 aromatic rings. The lowest BCUT2D eigenvalue weighted by molar-refractivity contribution is 0.102. The molecule has 1 aromatic carbocycles. The number of nitrogens with zero attached hydrogens (tertiary/aromatic N) is 3. The Morgan fingerprint density at radius 3 is 2.77 bits per heavy atom. The third-order valence-corrected chi connectivity index (χ3v) is 4.79. The van der Waals surface area contributed by atoms with Gasteiger partial charge in [0, 0.05) is 15.6 Å². The molecule has 0 unspecified atom stereocenters.